The van der Waals surface area contributed by atoms with E-state index in [0.29, 0.717) is 32.7 Å². The molecular formula is C30H42BN3O7S. The van der Waals surface area contributed by atoms with Crippen LogP contribution in [0.15, 0.2) is 65.6 Å². The lowest BCUT2D eigenvalue weighted by atomic mass is 9.75. The van der Waals surface area contributed by atoms with Crippen molar-refractivity contribution in [3.05, 3.63) is 66.2 Å². The number of morpholine rings is 1. The molecule has 12 heteroatoms. The molecular weight excluding hydrogens is 557 g/mol. The van der Waals surface area contributed by atoms with Gasteiger partial charge in [0.25, 0.3) is 0 Å². The minimum atomic E-state index is -4.09. The molecule has 2 saturated heterocycles. The van der Waals surface area contributed by atoms with Crippen LogP contribution in [-0.2, 0) is 40.1 Å². The first-order chi connectivity index (χ1) is 19.9. The number of nitrogens with one attached hydrogen (secondary N) is 2. The molecule has 10 nitrogen and oxygen atoms in total. The Kier molecular flexibility index (Phi) is 10.5. The van der Waals surface area contributed by atoms with Crippen LogP contribution in [0, 0.1) is 0 Å². The number of carbonyl (C=O) groups excluding carboxylic acids is 2. The Labute approximate surface area is 249 Å². The summed E-state index contributed by atoms with van der Waals surface area (Å²) in [6.45, 7) is 9.30. The van der Waals surface area contributed by atoms with Crippen molar-refractivity contribution in [3.8, 4) is 0 Å². The minimum absolute atomic E-state index is 0.00647. The highest BCUT2D eigenvalue weighted by atomic mass is 32.2. The predicted octanol–water partition coefficient (Wildman–Crippen LogP) is 2.72. The van der Waals surface area contributed by atoms with Crippen molar-refractivity contribution >= 4 is 29.0 Å². The number of nitrogens with zero attached hydrogens (tertiary/aromatic N) is 1. The van der Waals surface area contributed by atoms with Gasteiger partial charge in [-0.2, -0.15) is 4.72 Å². The summed E-state index contributed by atoms with van der Waals surface area (Å²) in [7, 11) is -4.85. The van der Waals surface area contributed by atoms with E-state index in [1.165, 1.54) is 17.7 Å². The topological polar surface area (TPSA) is 123 Å². The molecule has 42 heavy (non-hydrogen) atoms. The second-order valence-electron chi connectivity index (χ2n) is 11.8. The van der Waals surface area contributed by atoms with Crippen LogP contribution in [0.3, 0.4) is 0 Å². The number of carbonyl (C=O) groups is 2. The van der Waals surface area contributed by atoms with Gasteiger partial charge in [0.2, 0.25) is 21.8 Å². The summed E-state index contributed by atoms with van der Waals surface area (Å²) in [6.07, 6.45) is 1.70. The zero-order chi connectivity index (χ0) is 30.4. The summed E-state index contributed by atoms with van der Waals surface area (Å²) in [5.41, 5.74) is -0.0810. The average Bonchev–Trinajstić information content (AvgIpc) is 3.19. The molecule has 2 heterocycles. The van der Waals surface area contributed by atoms with Crippen molar-refractivity contribution in [3.63, 3.8) is 0 Å². The van der Waals surface area contributed by atoms with Crippen molar-refractivity contribution < 1.29 is 32.1 Å². The van der Waals surface area contributed by atoms with Gasteiger partial charge in [-0.1, -0.05) is 48.5 Å². The maximum atomic E-state index is 13.8. The summed E-state index contributed by atoms with van der Waals surface area (Å²) in [5.74, 6) is -1.52. The van der Waals surface area contributed by atoms with Crippen LogP contribution in [0.2, 0.25) is 0 Å². The zero-order valence-electron chi connectivity index (χ0n) is 24.9. The number of sulfonamides is 1. The summed E-state index contributed by atoms with van der Waals surface area (Å²) in [5, 5.41) is 2.99. The Bertz CT molecular complexity index is 1290. The first kappa shape index (κ1) is 32.2. The van der Waals surface area contributed by atoms with Crippen LogP contribution in [0.4, 0.5) is 0 Å². The molecule has 2 fully saturated rings. The summed E-state index contributed by atoms with van der Waals surface area (Å²) in [4.78, 5) is 28.6. The van der Waals surface area contributed by atoms with E-state index in [2.05, 4.69) is 10.0 Å². The normalized spacial score (nSPS) is 19.7. The average molecular weight is 600 g/mol. The lowest BCUT2D eigenvalue weighted by Gasteiger charge is -2.32. The first-order valence-electron chi connectivity index (χ1n) is 14.5. The molecule has 0 saturated carbocycles. The van der Waals surface area contributed by atoms with Gasteiger partial charge in [-0.3, -0.25) is 9.59 Å². The largest absolute Gasteiger partial charge is 0.481 e. The van der Waals surface area contributed by atoms with Crippen LogP contribution in [0.25, 0.3) is 0 Å². The second-order valence-corrected chi connectivity index (χ2v) is 13.5. The highest BCUT2D eigenvalue weighted by molar-refractivity contribution is 7.89. The molecule has 2 atom stereocenters. The quantitative estimate of drug-likeness (QED) is 0.360. The van der Waals surface area contributed by atoms with Crippen molar-refractivity contribution in [1.82, 2.24) is 14.9 Å². The lowest BCUT2D eigenvalue weighted by Crippen LogP contribution is -2.56. The molecule has 2 aromatic carbocycles. The van der Waals surface area contributed by atoms with Gasteiger partial charge in [-0.05, 0) is 64.7 Å². The van der Waals surface area contributed by atoms with Crippen molar-refractivity contribution in [1.29, 1.82) is 0 Å². The molecule has 2 amide bonds. The van der Waals surface area contributed by atoms with E-state index < -0.39 is 46.2 Å². The fourth-order valence-corrected chi connectivity index (χ4v) is 6.16. The Morgan fingerprint density at radius 3 is 2.10 bits per heavy atom. The summed E-state index contributed by atoms with van der Waals surface area (Å²) >= 11 is 0. The highest BCUT2D eigenvalue weighted by Crippen LogP contribution is 2.38. The SMILES string of the molecule is CC1(C)OB(C(CCCc2ccccc2)NC(=O)C(CC(=O)N2CCOCC2)NS(=O)(=O)c2ccccc2)OC1(C)C. The van der Waals surface area contributed by atoms with Crippen LogP contribution in [0.1, 0.15) is 52.5 Å². The fourth-order valence-electron chi connectivity index (χ4n) is 4.94. The van der Waals surface area contributed by atoms with Gasteiger partial charge in [0.05, 0.1) is 41.7 Å². The van der Waals surface area contributed by atoms with Gasteiger partial charge in [0.15, 0.2) is 0 Å². The maximum absolute atomic E-state index is 13.8. The number of hydrogen-bond acceptors (Lipinski definition) is 7. The molecule has 0 aromatic heterocycles. The lowest BCUT2D eigenvalue weighted by molar-refractivity contribution is -0.138. The van der Waals surface area contributed by atoms with Crippen LogP contribution in [-0.4, -0.2) is 81.7 Å². The highest BCUT2D eigenvalue weighted by Gasteiger charge is 2.54. The van der Waals surface area contributed by atoms with E-state index in [1.807, 2.05) is 58.0 Å². The van der Waals surface area contributed by atoms with Gasteiger partial charge in [-0.25, -0.2) is 8.42 Å². The maximum Gasteiger partial charge on any atom is 0.481 e. The number of benzene rings is 2. The van der Waals surface area contributed by atoms with Crippen molar-refractivity contribution in [2.24, 2.45) is 0 Å². The third-order valence-electron chi connectivity index (χ3n) is 8.16. The molecule has 2 aromatic rings. The van der Waals surface area contributed by atoms with E-state index in [0.717, 1.165) is 12.8 Å². The zero-order valence-corrected chi connectivity index (χ0v) is 25.7. The fraction of sp³-hybridized carbons (Fsp3) is 0.533. The Morgan fingerprint density at radius 1 is 0.929 bits per heavy atom. The number of aryl methyl sites for hydroxylation is 1. The molecule has 228 valence electrons. The van der Waals surface area contributed by atoms with E-state index in [4.69, 9.17) is 14.0 Å². The molecule has 0 spiro atoms. The summed E-state index contributed by atoms with van der Waals surface area (Å²) in [6, 6.07) is 16.5. The smallest absolute Gasteiger partial charge is 0.402 e. The third-order valence-corrected chi connectivity index (χ3v) is 9.65. The Hall–Kier alpha value is -2.77. The van der Waals surface area contributed by atoms with Crippen molar-refractivity contribution in [2.45, 2.75) is 81.5 Å². The third kappa shape index (κ3) is 8.20. The molecule has 0 radical (unpaired) electrons. The number of rotatable bonds is 12. The van der Waals surface area contributed by atoms with E-state index >= 15 is 0 Å². The van der Waals surface area contributed by atoms with Gasteiger partial charge in [0.1, 0.15) is 6.04 Å². The monoisotopic (exact) mass is 599 g/mol. The van der Waals surface area contributed by atoms with Crippen LogP contribution < -0.4 is 10.0 Å². The molecule has 2 unspecified atom stereocenters. The number of ether oxygens (including phenoxy) is 1. The second kappa shape index (κ2) is 13.7. The van der Waals surface area contributed by atoms with E-state index in [-0.39, 0.29) is 17.2 Å². The van der Waals surface area contributed by atoms with Gasteiger partial charge >= 0.3 is 7.12 Å². The van der Waals surface area contributed by atoms with E-state index in [9.17, 15) is 18.0 Å². The predicted molar refractivity (Wildman–Crippen MR) is 160 cm³/mol. The molecule has 4 rings (SSSR count). The molecule has 2 aliphatic rings. The first-order valence-corrected chi connectivity index (χ1v) is 16.0. The molecule has 2 aliphatic heterocycles. The van der Waals surface area contributed by atoms with Gasteiger partial charge in [-0.15, -0.1) is 0 Å². The van der Waals surface area contributed by atoms with E-state index in [1.54, 1.807) is 23.1 Å². The van der Waals surface area contributed by atoms with Crippen LogP contribution in [0.5, 0.6) is 0 Å². The molecule has 2 N–H and O–H groups in total. The standard InChI is InChI=1S/C30H42BN3O7S/c1-29(2)30(3,4)41-31(40-29)26(17-11-14-23-12-7-5-8-13-23)32-28(36)25(22-27(35)34-18-20-39-21-19-34)33-42(37,38)24-15-9-6-10-16-24/h5-10,12-13,15-16,25-26,33H,11,14,17-22H2,1-4H3,(H,32,36). The van der Waals surface area contributed by atoms with Gasteiger partial charge < -0.3 is 24.3 Å². The summed E-state index contributed by atoms with van der Waals surface area (Å²) < 4.78 is 46.9. The molecule has 0 aliphatic carbocycles. The van der Waals surface area contributed by atoms with Crippen LogP contribution >= 0.6 is 0 Å². The number of amides is 2. The van der Waals surface area contributed by atoms with Gasteiger partial charge in [0, 0.05) is 13.1 Å². The molecule has 0 bridgehead atoms. The van der Waals surface area contributed by atoms with Crippen molar-refractivity contribution in [2.75, 3.05) is 26.3 Å². The Morgan fingerprint density at radius 2 is 1.50 bits per heavy atom. The number of hydrogen-bond donors (Lipinski definition) is 2. The minimum Gasteiger partial charge on any atom is -0.402 e. The Balaban J connectivity index is 1.54.